The number of benzene rings is 1. The summed E-state index contributed by atoms with van der Waals surface area (Å²) in [6.07, 6.45) is 17.5. The number of nitrogens with two attached hydrogens (primary N) is 1. The number of likely N-dealkylation sites (tertiary alicyclic amines) is 1. The lowest BCUT2D eigenvalue weighted by Crippen LogP contribution is -2.53. The van der Waals surface area contributed by atoms with Gasteiger partial charge in [-0.3, -0.25) is 24.6 Å². The van der Waals surface area contributed by atoms with E-state index < -0.39 is 17.4 Å². The zero-order valence-corrected chi connectivity index (χ0v) is 38.7. The lowest BCUT2D eigenvalue weighted by Gasteiger charge is -2.48. The second kappa shape index (κ2) is 16.7. The third-order valence-electron chi connectivity index (χ3n) is 16.1. The third-order valence-corrected chi connectivity index (χ3v) is 17.2. The third kappa shape index (κ3) is 7.54. The number of nitrogen functional groups attached to an aromatic ring is 1. The fourth-order valence-electron chi connectivity index (χ4n) is 12.3. The van der Waals surface area contributed by atoms with E-state index in [9.17, 15) is 19.6 Å². The summed E-state index contributed by atoms with van der Waals surface area (Å²) in [5, 5.41) is 17.8. The van der Waals surface area contributed by atoms with Crippen molar-refractivity contribution in [2.24, 2.45) is 10.8 Å². The quantitative estimate of drug-likeness (QED) is 0.144. The van der Waals surface area contributed by atoms with Gasteiger partial charge in [-0.2, -0.15) is 15.2 Å². The van der Waals surface area contributed by atoms with Crippen LogP contribution in [0.3, 0.4) is 0 Å². The number of fused-ring (bicyclic) bond motifs is 5. The summed E-state index contributed by atoms with van der Waals surface area (Å²) in [7, 11) is 0. The highest BCUT2D eigenvalue weighted by Crippen LogP contribution is 2.55. The molecule has 12 rings (SSSR count). The minimum Gasteiger partial charge on any atom is -0.477 e. The molecule has 8 heterocycles. The number of imide groups is 1. The molecular weight excluding hydrogens is 883 g/mol. The number of aromatic nitrogens is 5. The van der Waals surface area contributed by atoms with Crippen LogP contribution in [-0.2, 0) is 39.1 Å². The lowest BCUT2D eigenvalue weighted by molar-refractivity contribution is -0.135. The van der Waals surface area contributed by atoms with E-state index in [2.05, 4.69) is 48.4 Å². The van der Waals surface area contributed by atoms with Crippen LogP contribution in [0.15, 0.2) is 47.5 Å². The second-order valence-corrected chi connectivity index (χ2v) is 21.3. The number of hydrogen-bond acceptors (Lipinski definition) is 16. The first-order chi connectivity index (χ1) is 33.1. The van der Waals surface area contributed by atoms with Crippen molar-refractivity contribution in [3.63, 3.8) is 0 Å². The van der Waals surface area contributed by atoms with Crippen molar-refractivity contribution in [1.29, 1.82) is 5.26 Å². The maximum Gasteiger partial charge on any atom is 0.249 e. The summed E-state index contributed by atoms with van der Waals surface area (Å²) < 4.78 is 19.1. The first-order valence-corrected chi connectivity index (χ1v) is 24.9. The Morgan fingerprint density at radius 3 is 2.46 bits per heavy atom. The number of carbonyl (C=O) groups is 3. The van der Waals surface area contributed by atoms with Crippen molar-refractivity contribution in [3.05, 3.63) is 75.9 Å². The van der Waals surface area contributed by atoms with Crippen LogP contribution in [0, 0.1) is 22.2 Å². The molecule has 0 radical (unpaired) electrons. The summed E-state index contributed by atoms with van der Waals surface area (Å²) in [5.74, 6) is 1.51. The molecule has 4 fully saturated rings. The number of nitriles is 1. The molecule has 68 heavy (non-hydrogen) atoms. The van der Waals surface area contributed by atoms with E-state index in [1.807, 2.05) is 6.07 Å². The molecule has 4 aromatic heterocycles. The summed E-state index contributed by atoms with van der Waals surface area (Å²) in [4.78, 5) is 63.4. The lowest BCUT2D eigenvalue weighted by atomic mass is 9.63. The molecule has 18 heteroatoms. The standard InChI is InChI=1S/C50H53N11O6S/c51-24-34-42-37(68-45(34)52)4-2-10-50(42)9-1-3-33-43(58-67-44(33)50)46-56-39(23-40(57-46)66-32-25-53-29-54-26-32)65-28-49(11-12-49)27-59-17-13-48(14-18-59)15-19-60(20-16-48)31-5-6-35-30(21-31)22-41(63)61(35)36-7-8-38(62)55-47(36)64/h5-6,21,23,25-26,29,36H,1-4,7-20,22,27-28,52H2,(H,55,62,64)/t36?,50-/m0/s1. The van der Waals surface area contributed by atoms with Gasteiger partial charge in [0.15, 0.2) is 23.0 Å². The molecule has 3 amide bonds. The van der Waals surface area contributed by atoms with Crippen LogP contribution in [0.1, 0.15) is 110 Å². The van der Waals surface area contributed by atoms with Crippen molar-refractivity contribution < 1.29 is 28.4 Å². The smallest absolute Gasteiger partial charge is 0.249 e. The average molecular weight is 936 g/mol. The molecule has 1 aromatic carbocycles. The van der Waals surface area contributed by atoms with Crippen LogP contribution in [0.25, 0.3) is 11.5 Å². The fourth-order valence-corrected chi connectivity index (χ4v) is 13.4. The zero-order valence-electron chi connectivity index (χ0n) is 37.9. The number of thiophene rings is 1. The number of nitrogens with one attached hydrogen (secondary N) is 1. The van der Waals surface area contributed by atoms with Gasteiger partial charge < -0.3 is 29.5 Å². The van der Waals surface area contributed by atoms with Crippen molar-refractivity contribution in [1.82, 2.24) is 35.3 Å². The predicted molar refractivity (Wildman–Crippen MR) is 250 cm³/mol. The van der Waals surface area contributed by atoms with E-state index in [-0.39, 0.29) is 30.1 Å². The molecule has 17 nitrogen and oxygen atoms in total. The summed E-state index contributed by atoms with van der Waals surface area (Å²) >= 11 is 1.52. The van der Waals surface area contributed by atoms with Crippen LogP contribution in [-0.4, -0.2) is 93.1 Å². The first-order valence-electron chi connectivity index (χ1n) is 24.1. The normalized spacial score (nSPS) is 23.8. The molecular formula is C50H53N11O6S. The van der Waals surface area contributed by atoms with Gasteiger partial charge in [0, 0.05) is 53.3 Å². The van der Waals surface area contributed by atoms with Gasteiger partial charge in [0.1, 0.15) is 23.4 Å². The number of rotatable bonds is 10. The highest BCUT2D eigenvalue weighted by Gasteiger charge is 2.50. The van der Waals surface area contributed by atoms with Gasteiger partial charge in [-0.15, -0.1) is 11.3 Å². The Morgan fingerprint density at radius 2 is 1.69 bits per heavy atom. The van der Waals surface area contributed by atoms with Crippen molar-refractivity contribution in [2.45, 2.75) is 108 Å². The maximum absolute atomic E-state index is 13.1. The molecule has 2 atom stereocenters. The number of ether oxygens (including phenoxy) is 2. The van der Waals surface area contributed by atoms with E-state index in [1.165, 1.54) is 35.4 Å². The predicted octanol–water partition coefficient (Wildman–Crippen LogP) is 6.42. The Balaban J connectivity index is 0.704. The number of piperidine rings is 3. The van der Waals surface area contributed by atoms with E-state index in [1.54, 1.807) is 23.4 Å². The van der Waals surface area contributed by atoms with Gasteiger partial charge in [-0.1, -0.05) is 5.16 Å². The van der Waals surface area contributed by atoms with Gasteiger partial charge in [0.05, 0.1) is 42.5 Å². The van der Waals surface area contributed by atoms with E-state index >= 15 is 0 Å². The van der Waals surface area contributed by atoms with Crippen molar-refractivity contribution in [3.8, 4) is 35.1 Å². The molecule has 1 unspecified atom stereocenters. The van der Waals surface area contributed by atoms with Crippen LogP contribution >= 0.6 is 11.3 Å². The summed E-state index contributed by atoms with van der Waals surface area (Å²) in [6, 6.07) is 9.67. The number of carbonyl (C=O) groups excluding carboxylic acids is 3. The highest BCUT2D eigenvalue weighted by atomic mass is 32.1. The van der Waals surface area contributed by atoms with Crippen LogP contribution < -0.4 is 30.3 Å². The Kier molecular flexibility index (Phi) is 10.5. The molecule has 3 saturated heterocycles. The molecule has 1 saturated carbocycles. The summed E-state index contributed by atoms with van der Waals surface area (Å²) in [5.41, 5.74) is 12.2. The maximum atomic E-state index is 13.1. The number of hydrogen-bond donors (Lipinski definition) is 2. The molecule has 5 aromatic rings. The zero-order chi connectivity index (χ0) is 46.2. The topological polar surface area (TPSA) is 219 Å². The molecule has 7 aliphatic rings. The first kappa shape index (κ1) is 42.9. The van der Waals surface area contributed by atoms with E-state index in [4.69, 9.17) is 29.7 Å². The van der Waals surface area contributed by atoms with Crippen LogP contribution in [0.4, 0.5) is 16.4 Å². The van der Waals surface area contributed by atoms with E-state index in [0.717, 1.165) is 131 Å². The number of anilines is 3. The Labute approximate surface area is 397 Å². The molecule has 3 N–H and O–H groups in total. The molecule has 4 aliphatic heterocycles. The monoisotopic (exact) mass is 935 g/mol. The van der Waals surface area contributed by atoms with Gasteiger partial charge in [0.25, 0.3) is 0 Å². The van der Waals surface area contributed by atoms with Crippen LogP contribution in [0.2, 0.25) is 0 Å². The number of amides is 3. The van der Waals surface area contributed by atoms with Crippen LogP contribution in [0.5, 0.6) is 17.5 Å². The molecule has 3 aliphatic carbocycles. The number of nitrogens with zero attached hydrogens (tertiary/aromatic N) is 9. The summed E-state index contributed by atoms with van der Waals surface area (Å²) in [6.45, 7) is 5.54. The Morgan fingerprint density at radius 1 is 0.926 bits per heavy atom. The Bertz CT molecular complexity index is 2870. The minimum atomic E-state index is -0.641. The van der Waals surface area contributed by atoms with Gasteiger partial charge in [-0.05, 0) is 131 Å². The van der Waals surface area contributed by atoms with Crippen molar-refractivity contribution >= 4 is 45.4 Å². The van der Waals surface area contributed by atoms with Gasteiger partial charge >= 0.3 is 0 Å². The SMILES string of the molecule is N#Cc1c(N)sc2c1[C@@]1(CCC2)CCCc2c(-c3nc(OCC4(CN5CCC6(CC5)CCN(c5ccc7c(c5)CC(=O)N7C5CCC(=O)NC5=O)CC6)CC4)cc(Oc4cncnc4)n3)noc21. The number of aryl methyl sites for hydroxylation is 1. The second-order valence-electron chi connectivity index (χ2n) is 20.2. The largest absolute Gasteiger partial charge is 0.477 e. The molecule has 350 valence electrons. The minimum absolute atomic E-state index is 0.0367. The van der Waals surface area contributed by atoms with Gasteiger partial charge in [0.2, 0.25) is 29.5 Å². The van der Waals surface area contributed by atoms with Gasteiger partial charge in [-0.25, -0.2) is 9.97 Å². The Hall–Kier alpha value is -6.45. The highest BCUT2D eigenvalue weighted by molar-refractivity contribution is 7.16. The molecule has 2 spiro atoms. The average Bonchev–Trinajstić information content (AvgIpc) is 3.62. The molecule has 0 bridgehead atoms. The van der Waals surface area contributed by atoms with E-state index in [0.29, 0.717) is 58.0 Å². The van der Waals surface area contributed by atoms with Crippen molar-refractivity contribution in [2.75, 3.05) is 54.9 Å². The fraction of sp³-hybridized carbons (Fsp3) is 0.500.